The van der Waals surface area contributed by atoms with Gasteiger partial charge in [-0.25, -0.2) is 4.98 Å². The van der Waals surface area contributed by atoms with E-state index in [2.05, 4.69) is 37.1 Å². The van der Waals surface area contributed by atoms with Crippen LogP contribution >= 0.6 is 0 Å². The number of aromatic nitrogens is 6. The molecule has 0 atom stereocenters. The standard InChI is InChI=1S/C15H19N7/c1-2-11-9-14(22-12(18-11)6-7-17-22)16-10-15-20-19-13-5-3-4-8-21(13)15/h6-7,9,16H,2-5,8,10H2,1H3. The van der Waals surface area contributed by atoms with Gasteiger partial charge in [0.15, 0.2) is 11.5 Å². The molecule has 0 aromatic carbocycles. The second-order valence-electron chi connectivity index (χ2n) is 5.58. The fourth-order valence-corrected chi connectivity index (χ4v) is 2.94. The molecule has 0 bridgehead atoms. The van der Waals surface area contributed by atoms with E-state index < -0.39 is 0 Å². The summed E-state index contributed by atoms with van der Waals surface area (Å²) in [5.74, 6) is 3.04. The number of nitrogens with one attached hydrogen (secondary N) is 1. The van der Waals surface area contributed by atoms with Gasteiger partial charge in [0.25, 0.3) is 0 Å². The second kappa shape index (κ2) is 5.40. The fourth-order valence-electron chi connectivity index (χ4n) is 2.94. The first kappa shape index (κ1) is 13.2. The molecule has 0 saturated heterocycles. The number of anilines is 1. The number of nitrogens with zero attached hydrogens (tertiary/aromatic N) is 6. The molecule has 0 aliphatic carbocycles. The third-order valence-electron chi connectivity index (χ3n) is 4.14. The zero-order chi connectivity index (χ0) is 14.9. The van der Waals surface area contributed by atoms with Gasteiger partial charge in [0, 0.05) is 30.8 Å². The van der Waals surface area contributed by atoms with Gasteiger partial charge in [-0.2, -0.15) is 9.61 Å². The van der Waals surface area contributed by atoms with Crippen molar-refractivity contribution in [3.8, 4) is 0 Å². The van der Waals surface area contributed by atoms with E-state index in [1.54, 1.807) is 6.20 Å². The van der Waals surface area contributed by atoms with Crippen LogP contribution in [0.4, 0.5) is 5.82 Å². The predicted octanol–water partition coefficient (Wildman–Crippen LogP) is 1.83. The minimum atomic E-state index is 0.648. The Hall–Kier alpha value is -2.44. The zero-order valence-corrected chi connectivity index (χ0v) is 12.7. The summed E-state index contributed by atoms with van der Waals surface area (Å²) in [4.78, 5) is 4.56. The Morgan fingerprint density at radius 3 is 3.14 bits per heavy atom. The highest BCUT2D eigenvalue weighted by atomic mass is 15.3. The summed E-state index contributed by atoms with van der Waals surface area (Å²) in [6.07, 6.45) is 6.12. The van der Waals surface area contributed by atoms with Crippen LogP contribution in [0.1, 0.15) is 37.1 Å². The Balaban J connectivity index is 1.61. The van der Waals surface area contributed by atoms with Crippen molar-refractivity contribution < 1.29 is 0 Å². The molecule has 1 aliphatic rings. The summed E-state index contributed by atoms with van der Waals surface area (Å²) in [7, 11) is 0. The van der Waals surface area contributed by atoms with Crippen molar-refractivity contribution in [1.29, 1.82) is 0 Å². The van der Waals surface area contributed by atoms with Crippen molar-refractivity contribution in [2.75, 3.05) is 5.32 Å². The molecule has 1 aliphatic heterocycles. The monoisotopic (exact) mass is 297 g/mol. The van der Waals surface area contributed by atoms with Gasteiger partial charge in [-0.3, -0.25) is 0 Å². The first-order valence-electron chi connectivity index (χ1n) is 7.83. The molecule has 4 rings (SSSR count). The van der Waals surface area contributed by atoms with Gasteiger partial charge in [0.2, 0.25) is 0 Å². The molecule has 114 valence electrons. The number of hydrogen-bond donors (Lipinski definition) is 1. The Morgan fingerprint density at radius 1 is 1.27 bits per heavy atom. The molecular formula is C15H19N7. The van der Waals surface area contributed by atoms with E-state index in [1.165, 1.54) is 12.8 Å². The number of hydrogen-bond acceptors (Lipinski definition) is 5. The lowest BCUT2D eigenvalue weighted by atomic mass is 10.2. The molecule has 0 unspecified atom stereocenters. The van der Waals surface area contributed by atoms with Crippen molar-refractivity contribution >= 4 is 11.5 Å². The van der Waals surface area contributed by atoms with Crippen LogP contribution in [0.15, 0.2) is 18.3 Å². The summed E-state index contributed by atoms with van der Waals surface area (Å²) in [5, 5.41) is 16.4. The normalized spacial score (nSPS) is 14.2. The summed E-state index contributed by atoms with van der Waals surface area (Å²) < 4.78 is 4.06. The Morgan fingerprint density at radius 2 is 2.23 bits per heavy atom. The maximum Gasteiger partial charge on any atom is 0.157 e. The lowest BCUT2D eigenvalue weighted by Gasteiger charge is -2.15. The quantitative estimate of drug-likeness (QED) is 0.795. The average molecular weight is 297 g/mol. The molecule has 4 heterocycles. The molecule has 0 spiro atoms. The van der Waals surface area contributed by atoms with Gasteiger partial charge in [-0.1, -0.05) is 6.92 Å². The van der Waals surface area contributed by atoms with Crippen LogP contribution < -0.4 is 5.32 Å². The topological polar surface area (TPSA) is 72.9 Å². The van der Waals surface area contributed by atoms with Gasteiger partial charge in [0.1, 0.15) is 11.6 Å². The average Bonchev–Trinajstić information content (AvgIpc) is 3.19. The lowest BCUT2D eigenvalue weighted by Crippen LogP contribution is -2.16. The molecule has 0 fully saturated rings. The van der Waals surface area contributed by atoms with Crippen molar-refractivity contribution in [2.24, 2.45) is 0 Å². The van der Waals surface area contributed by atoms with Crippen LogP contribution in [0, 0.1) is 0 Å². The molecule has 0 radical (unpaired) electrons. The van der Waals surface area contributed by atoms with Crippen LogP contribution in [0.25, 0.3) is 5.65 Å². The Kier molecular flexibility index (Phi) is 3.25. The third kappa shape index (κ3) is 2.22. The summed E-state index contributed by atoms with van der Waals surface area (Å²) in [6, 6.07) is 3.97. The maximum absolute atomic E-state index is 4.56. The van der Waals surface area contributed by atoms with E-state index in [9.17, 15) is 0 Å². The molecule has 7 nitrogen and oxygen atoms in total. The van der Waals surface area contributed by atoms with Crippen LogP contribution in [0.2, 0.25) is 0 Å². The van der Waals surface area contributed by atoms with Crippen LogP contribution in [0.3, 0.4) is 0 Å². The highest BCUT2D eigenvalue weighted by molar-refractivity contribution is 5.49. The van der Waals surface area contributed by atoms with Crippen LogP contribution in [-0.4, -0.2) is 29.4 Å². The molecular weight excluding hydrogens is 278 g/mol. The zero-order valence-electron chi connectivity index (χ0n) is 12.7. The highest BCUT2D eigenvalue weighted by Crippen LogP contribution is 2.17. The second-order valence-corrected chi connectivity index (χ2v) is 5.58. The molecule has 0 saturated carbocycles. The van der Waals surface area contributed by atoms with Crippen molar-refractivity contribution in [1.82, 2.24) is 29.4 Å². The maximum atomic E-state index is 4.56. The van der Waals surface area contributed by atoms with Crippen molar-refractivity contribution in [3.63, 3.8) is 0 Å². The summed E-state index contributed by atoms with van der Waals surface area (Å²) in [6.45, 7) is 3.77. The van der Waals surface area contributed by atoms with Gasteiger partial charge in [0.05, 0.1) is 12.7 Å². The SMILES string of the molecule is CCc1cc(NCc2nnc3n2CCCC3)n2nccc2n1. The summed E-state index contributed by atoms with van der Waals surface area (Å²) >= 11 is 0. The molecule has 7 heteroatoms. The van der Waals surface area contributed by atoms with Crippen molar-refractivity contribution in [2.45, 2.75) is 45.7 Å². The fraction of sp³-hybridized carbons (Fsp3) is 0.467. The minimum absolute atomic E-state index is 0.648. The summed E-state index contributed by atoms with van der Waals surface area (Å²) in [5.41, 5.74) is 1.92. The van der Waals surface area contributed by atoms with E-state index in [4.69, 9.17) is 0 Å². The van der Waals surface area contributed by atoms with Crippen LogP contribution in [-0.2, 0) is 25.9 Å². The molecule has 0 amide bonds. The Labute approximate surface area is 128 Å². The molecule has 3 aromatic rings. The molecule has 1 N–H and O–H groups in total. The third-order valence-corrected chi connectivity index (χ3v) is 4.14. The van der Waals surface area contributed by atoms with Crippen molar-refractivity contribution in [3.05, 3.63) is 35.7 Å². The van der Waals surface area contributed by atoms with E-state index in [1.807, 2.05) is 16.6 Å². The van der Waals surface area contributed by atoms with E-state index >= 15 is 0 Å². The lowest BCUT2D eigenvalue weighted by molar-refractivity contribution is 0.509. The van der Waals surface area contributed by atoms with E-state index in [0.29, 0.717) is 6.54 Å². The number of fused-ring (bicyclic) bond motifs is 2. The van der Waals surface area contributed by atoms with Gasteiger partial charge in [-0.05, 0) is 19.3 Å². The van der Waals surface area contributed by atoms with E-state index in [-0.39, 0.29) is 0 Å². The molecule has 22 heavy (non-hydrogen) atoms. The number of aryl methyl sites for hydroxylation is 2. The number of rotatable bonds is 4. The minimum Gasteiger partial charge on any atom is -0.363 e. The first-order valence-corrected chi connectivity index (χ1v) is 7.83. The van der Waals surface area contributed by atoms with Gasteiger partial charge < -0.3 is 9.88 Å². The van der Waals surface area contributed by atoms with Gasteiger partial charge in [-0.15, -0.1) is 10.2 Å². The Bertz CT molecular complexity index is 801. The molecule has 3 aromatic heterocycles. The first-order chi connectivity index (χ1) is 10.8. The highest BCUT2D eigenvalue weighted by Gasteiger charge is 2.15. The van der Waals surface area contributed by atoms with Crippen LogP contribution in [0.5, 0.6) is 0 Å². The predicted molar refractivity (Wildman–Crippen MR) is 82.7 cm³/mol. The van der Waals surface area contributed by atoms with E-state index in [0.717, 1.165) is 48.2 Å². The smallest absolute Gasteiger partial charge is 0.157 e. The largest absolute Gasteiger partial charge is 0.363 e. The van der Waals surface area contributed by atoms with Gasteiger partial charge >= 0.3 is 0 Å².